The van der Waals surface area contributed by atoms with Gasteiger partial charge >= 0.3 is 0 Å². The average Bonchev–Trinajstić information content (AvgIpc) is 2.82. The molecule has 0 spiro atoms. The van der Waals surface area contributed by atoms with Gasteiger partial charge in [-0.1, -0.05) is 27.7 Å². The molecule has 118 valence electrons. The van der Waals surface area contributed by atoms with Gasteiger partial charge in [0.25, 0.3) is 0 Å². The first-order chi connectivity index (χ1) is 8.99. The molecule has 1 heterocycles. The number of fused-ring (bicyclic) bond motifs is 1. The van der Waals surface area contributed by atoms with Crippen molar-refractivity contribution in [2.24, 2.45) is 11.8 Å². The molecule has 1 aliphatic heterocycles. The molecular formula is C16H32O3Si. The fourth-order valence-electron chi connectivity index (χ4n) is 3.44. The molecule has 4 atom stereocenters. The van der Waals surface area contributed by atoms with Gasteiger partial charge < -0.3 is 14.3 Å². The van der Waals surface area contributed by atoms with Crippen LogP contribution in [-0.4, -0.2) is 37.8 Å². The lowest BCUT2D eigenvalue weighted by atomic mass is 9.82. The molecule has 2 rings (SSSR count). The highest BCUT2D eigenvalue weighted by atomic mass is 28.4. The topological polar surface area (TPSA) is 42.0 Å². The number of hydrogen-bond acceptors (Lipinski definition) is 3. The molecule has 20 heavy (non-hydrogen) atoms. The molecule has 0 aromatic carbocycles. The van der Waals surface area contributed by atoms with Gasteiger partial charge in [0.15, 0.2) is 8.32 Å². The molecule has 4 heteroatoms. The molecular weight excluding hydrogens is 268 g/mol. The Kier molecular flexibility index (Phi) is 3.95. The van der Waals surface area contributed by atoms with E-state index in [2.05, 4.69) is 47.7 Å². The van der Waals surface area contributed by atoms with Crippen LogP contribution in [0.3, 0.4) is 0 Å². The van der Waals surface area contributed by atoms with Crippen molar-refractivity contribution >= 4 is 8.32 Å². The minimum Gasteiger partial charge on any atom is -0.414 e. The quantitative estimate of drug-likeness (QED) is 0.623. The van der Waals surface area contributed by atoms with E-state index in [1.807, 2.05) is 0 Å². The van der Waals surface area contributed by atoms with E-state index in [0.29, 0.717) is 18.4 Å². The summed E-state index contributed by atoms with van der Waals surface area (Å²) in [5.41, 5.74) is -0.145. The molecule has 1 saturated heterocycles. The first-order valence-electron chi connectivity index (χ1n) is 7.94. The lowest BCUT2D eigenvalue weighted by molar-refractivity contribution is 0.0651. The molecule has 0 unspecified atom stereocenters. The van der Waals surface area contributed by atoms with Gasteiger partial charge in [0.05, 0.1) is 12.2 Å². The second-order valence-electron chi connectivity index (χ2n) is 8.58. The Morgan fingerprint density at radius 3 is 2.45 bits per heavy atom. The molecule has 0 aromatic rings. The first-order valence-corrected chi connectivity index (χ1v) is 10.8. The van der Waals surface area contributed by atoms with Crippen molar-refractivity contribution in [2.75, 3.05) is 13.2 Å². The number of epoxide rings is 1. The van der Waals surface area contributed by atoms with Crippen LogP contribution in [0, 0.1) is 11.8 Å². The van der Waals surface area contributed by atoms with Crippen LogP contribution in [0.25, 0.3) is 0 Å². The van der Waals surface area contributed by atoms with Crippen LogP contribution in [0.5, 0.6) is 0 Å². The Bertz CT molecular complexity index is 376. The summed E-state index contributed by atoms with van der Waals surface area (Å²) in [5.74, 6) is 0.726. The maximum atomic E-state index is 9.50. The van der Waals surface area contributed by atoms with Crippen molar-refractivity contribution < 1.29 is 14.3 Å². The van der Waals surface area contributed by atoms with Crippen LogP contribution in [0.15, 0.2) is 0 Å². The summed E-state index contributed by atoms with van der Waals surface area (Å²) in [4.78, 5) is 0. The molecule has 1 saturated carbocycles. The number of ether oxygens (including phenoxy) is 1. The van der Waals surface area contributed by atoms with E-state index in [0.717, 1.165) is 12.8 Å². The normalized spacial score (nSPS) is 38.7. The Balaban J connectivity index is 2.08. The summed E-state index contributed by atoms with van der Waals surface area (Å²) < 4.78 is 12.6. The Morgan fingerprint density at radius 1 is 1.40 bits per heavy atom. The standard InChI is InChI=1S/C16H32O3Si/c1-12(10-17)13-8-9-15(5)16(13,19-15)11-18-20(6,7)14(2,3)4/h12-13,17H,8-11H2,1-7H3/t12-,13-,15+,16-/m0/s1. The first kappa shape index (κ1) is 16.5. The van der Waals surface area contributed by atoms with Crippen molar-refractivity contribution in [1.29, 1.82) is 0 Å². The predicted octanol–water partition coefficient (Wildman–Crippen LogP) is 3.57. The van der Waals surface area contributed by atoms with Crippen LogP contribution in [0.1, 0.15) is 47.5 Å². The Morgan fingerprint density at radius 2 is 2.00 bits per heavy atom. The fraction of sp³-hybridized carbons (Fsp3) is 1.00. The third-order valence-electron chi connectivity index (χ3n) is 6.22. The third-order valence-corrected chi connectivity index (χ3v) is 10.7. The SMILES string of the molecule is C[C@@H](CO)[C@@H]1CC[C@@]2(C)O[C@@]12CO[Si](C)(C)C(C)(C)C. The number of aliphatic hydroxyl groups excluding tert-OH is 1. The minimum absolute atomic E-state index is 0.0105. The van der Waals surface area contributed by atoms with Gasteiger partial charge in [-0.05, 0) is 49.7 Å². The highest BCUT2D eigenvalue weighted by molar-refractivity contribution is 6.74. The summed E-state index contributed by atoms with van der Waals surface area (Å²) in [5, 5.41) is 9.73. The van der Waals surface area contributed by atoms with Crippen LogP contribution >= 0.6 is 0 Å². The van der Waals surface area contributed by atoms with E-state index in [1.54, 1.807) is 0 Å². The van der Waals surface area contributed by atoms with Crippen LogP contribution in [0.4, 0.5) is 0 Å². The second kappa shape index (κ2) is 4.80. The second-order valence-corrected chi connectivity index (χ2v) is 13.4. The molecule has 0 radical (unpaired) electrons. The van der Waals surface area contributed by atoms with E-state index in [4.69, 9.17) is 9.16 Å². The highest BCUT2D eigenvalue weighted by Gasteiger charge is 2.74. The maximum Gasteiger partial charge on any atom is 0.192 e. The minimum atomic E-state index is -1.74. The van der Waals surface area contributed by atoms with Crippen molar-refractivity contribution in [2.45, 2.75) is 76.8 Å². The number of hydrogen-bond donors (Lipinski definition) is 1. The lowest BCUT2D eigenvalue weighted by Crippen LogP contribution is -2.46. The summed E-state index contributed by atoms with van der Waals surface area (Å²) in [6.07, 6.45) is 2.25. The Hall–Kier alpha value is 0.0969. The summed E-state index contributed by atoms with van der Waals surface area (Å²) in [6.45, 7) is 16.7. The lowest BCUT2D eigenvalue weighted by Gasteiger charge is -2.38. The van der Waals surface area contributed by atoms with Gasteiger partial charge in [-0.15, -0.1) is 0 Å². The summed E-state index contributed by atoms with van der Waals surface area (Å²) in [7, 11) is -1.74. The van der Waals surface area contributed by atoms with Crippen LogP contribution < -0.4 is 0 Å². The van der Waals surface area contributed by atoms with Gasteiger partial charge in [-0.3, -0.25) is 0 Å². The number of aliphatic hydroxyl groups is 1. The summed E-state index contributed by atoms with van der Waals surface area (Å²) >= 11 is 0. The molecule has 2 aliphatic rings. The predicted molar refractivity (Wildman–Crippen MR) is 84.3 cm³/mol. The van der Waals surface area contributed by atoms with E-state index in [9.17, 15) is 5.11 Å². The molecule has 2 fully saturated rings. The maximum absolute atomic E-state index is 9.50. The molecule has 0 bridgehead atoms. The van der Waals surface area contributed by atoms with Crippen molar-refractivity contribution in [3.05, 3.63) is 0 Å². The van der Waals surface area contributed by atoms with E-state index in [1.165, 1.54) is 0 Å². The van der Waals surface area contributed by atoms with Gasteiger partial charge in [0.2, 0.25) is 0 Å². The molecule has 3 nitrogen and oxygen atoms in total. The zero-order valence-electron chi connectivity index (χ0n) is 14.2. The zero-order chi connectivity index (χ0) is 15.4. The fourth-order valence-corrected chi connectivity index (χ4v) is 4.44. The van der Waals surface area contributed by atoms with Crippen molar-refractivity contribution in [3.8, 4) is 0 Å². The number of rotatable bonds is 5. The average molecular weight is 301 g/mol. The molecule has 1 N–H and O–H groups in total. The van der Waals surface area contributed by atoms with E-state index >= 15 is 0 Å². The van der Waals surface area contributed by atoms with Crippen LogP contribution in [-0.2, 0) is 9.16 Å². The van der Waals surface area contributed by atoms with Crippen LogP contribution in [0.2, 0.25) is 18.1 Å². The smallest absolute Gasteiger partial charge is 0.192 e. The molecule has 1 aliphatic carbocycles. The van der Waals surface area contributed by atoms with Crippen molar-refractivity contribution in [1.82, 2.24) is 0 Å². The monoisotopic (exact) mass is 300 g/mol. The Labute approximate surface area is 125 Å². The van der Waals surface area contributed by atoms with Crippen molar-refractivity contribution in [3.63, 3.8) is 0 Å². The van der Waals surface area contributed by atoms with E-state index < -0.39 is 8.32 Å². The van der Waals surface area contributed by atoms with Gasteiger partial charge in [0.1, 0.15) is 5.60 Å². The van der Waals surface area contributed by atoms with E-state index in [-0.39, 0.29) is 22.8 Å². The molecule has 0 amide bonds. The van der Waals surface area contributed by atoms with Gasteiger partial charge in [-0.25, -0.2) is 0 Å². The zero-order valence-corrected chi connectivity index (χ0v) is 15.2. The highest BCUT2D eigenvalue weighted by Crippen LogP contribution is 2.64. The summed E-state index contributed by atoms with van der Waals surface area (Å²) in [6, 6.07) is 0. The third kappa shape index (κ3) is 2.38. The van der Waals surface area contributed by atoms with Gasteiger partial charge in [-0.2, -0.15) is 0 Å². The largest absolute Gasteiger partial charge is 0.414 e. The van der Waals surface area contributed by atoms with Gasteiger partial charge in [0, 0.05) is 6.61 Å². The molecule has 0 aromatic heterocycles.